The number of rotatable bonds is 5. The predicted molar refractivity (Wildman–Crippen MR) is 147 cm³/mol. The topological polar surface area (TPSA) is 16.8 Å². The van der Waals surface area contributed by atoms with Crippen LogP contribution in [0.25, 0.3) is 40.2 Å². The van der Waals surface area contributed by atoms with E-state index < -0.39 is 7.25 Å². The molecule has 0 atom stereocenters. The SMILES string of the molecule is Cc1ccc(-[n+]2c(/C=C/c3ccncc3)cc(-c3ccccc3)cc2-c2ccccc2)cc1.F[B-](F)(F)F. The molecule has 38 heavy (non-hydrogen) atoms. The van der Waals surface area contributed by atoms with E-state index in [4.69, 9.17) is 0 Å². The second kappa shape index (κ2) is 12.1. The van der Waals surface area contributed by atoms with E-state index in [0.29, 0.717) is 0 Å². The molecule has 2 nitrogen and oxygen atoms in total. The van der Waals surface area contributed by atoms with Crippen LogP contribution in [0.3, 0.4) is 0 Å². The van der Waals surface area contributed by atoms with Crippen LogP contribution in [-0.4, -0.2) is 12.2 Å². The molecule has 0 aliphatic heterocycles. The zero-order chi connectivity index (χ0) is 27.0. The first-order chi connectivity index (χ1) is 18.3. The highest BCUT2D eigenvalue weighted by molar-refractivity contribution is 6.50. The van der Waals surface area contributed by atoms with Crippen molar-refractivity contribution in [1.82, 2.24) is 4.98 Å². The molecule has 5 aromatic rings. The summed E-state index contributed by atoms with van der Waals surface area (Å²) in [5.74, 6) is 0. The van der Waals surface area contributed by atoms with Gasteiger partial charge in [-0.05, 0) is 54.0 Å². The van der Waals surface area contributed by atoms with Crippen LogP contribution in [0, 0.1) is 6.92 Å². The highest BCUT2D eigenvalue weighted by Gasteiger charge is 2.22. The molecule has 0 saturated carbocycles. The van der Waals surface area contributed by atoms with Crippen molar-refractivity contribution < 1.29 is 21.8 Å². The normalized spacial score (nSPS) is 11.2. The van der Waals surface area contributed by atoms with Crippen LogP contribution in [0.2, 0.25) is 0 Å². The number of hydrogen-bond acceptors (Lipinski definition) is 1. The average Bonchev–Trinajstić information content (AvgIpc) is 2.93. The molecule has 0 spiro atoms. The Morgan fingerprint density at radius 3 is 1.76 bits per heavy atom. The molecule has 2 heterocycles. The van der Waals surface area contributed by atoms with Crippen LogP contribution >= 0.6 is 0 Å². The third-order valence-electron chi connectivity index (χ3n) is 5.72. The van der Waals surface area contributed by atoms with Crippen LogP contribution < -0.4 is 4.57 Å². The van der Waals surface area contributed by atoms with Crippen molar-refractivity contribution in [2.24, 2.45) is 0 Å². The molecule has 0 radical (unpaired) electrons. The van der Waals surface area contributed by atoms with Crippen LogP contribution in [0.1, 0.15) is 16.8 Å². The zero-order valence-corrected chi connectivity index (χ0v) is 20.7. The number of aromatic nitrogens is 2. The fourth-order valence-corrected chi connectivity index (χ4v) is 4.00. The van der Waals surface area contributed by atoms with Crippen molar-refractivity contribution in [2.45, 2.75) is 6.92 Å². The third-order valence-corrected chi connectivity index (χ3v) is 5.72. The summed E-state index contributed by atoms with van der Waals surface area (Å²) in [6.45, 7) is 2.12. The molecule has 0 unspecified atom stereocenters. The average molecular weight is 512 g/mol. The van der Waals surface area contributed by atoms with Crippen LogP contribution in [0.4, 0.5) is 17.3 Å². The Morgan fingerprint density at radius 1 is 0.632 bits per heavy atom. The largest absolute Gasteiger partial charge is 0.673 e. The zero-order valence-electron chi connectivity index (χ0n) is 20.7. The van der Waals surface area contributed by atoms with Crippen LogP contribution in [-0.2, 0) is 0 Å². The maximum atomic E-state index is 9.75. The van der Waals surface area contributed by atoms with Gasteiger partial charge in [-0.2, -0.15) is 4.57 Å². The van der Waals surface area contributed by atoms with Gasteiger partial charge in [-0.25, -0.2) is 0 Å². The minimum absolute atomic E-state index is 1.11. The first-order valence-corrected chi connectivity index (χ1v) is 12.0. The lowest BCUT2D eigenvalue weighted by atomic mass is 10.0. The van der Waals surface area contributed by atoms with Gasteiger partial charge in [-0.1, -0.05) is 66.2 Å². The van der Waals surface area contributed by atoms with E-state index >= 15 is 0 Å². The minimum Gasteiger partial charge on any atom is -0.418 e. The fraction of sp³-hybridized carbons (Fsp3) is 0.0323. The Balaban J connectivity index is 0.000000617. The highest BCUT2D eigenvalue weighted by atomic mass is 19.5. The minimum atomic E-state index is -6.00. The van der Waals surface area contributed by atoms with Gasteiger partial charge in [0.1, 0.15) is 0 Å². The summed E-state index contributed by atoms with van der Waals surface area (Å²) in [6.07, 6.45) is 7.98. The Bertz CT molecular complexity index is 1480. The van der Waals surface area contributed by atoms with E-state index in [9.17, 15) is 17.3 Å². The van der Waals surface area contributed by atoms with Gasteiger partial charge in [0.15, 0.2) is 0 Å². The number of aryl methyl sites for hydroxylation is 1. The summed E-state index contributed by atoms with van der Waals surface area (Å²) in [7, 11) is -6.00. The fourth-order valence-electron chi connectivity index (χ4n) is 4.00. The van der Waals surface area contributed by atoms with Crippen molar-refractivity contribution in [3.05, 3.63) is 138 Å². The molecule has 190 valence electrons. The van der Waals surface area contributed by atoms with Crippen molar-refractivity contribution >= 4 is 19.4 Å². The highest BCUT2D eigenvalue weighted by Crippen LogP contribution is 2.27. The van der Waals surface area contributed by atoms with Crippen molar-refractivity contribution in [1.29, 1.82) is 0 Å². The van der Waals surface area contributed by atoms with Gasteiger partial charge in [0, 0.05) is 48.3 Å². The summed E-state index contributed by atoms with van der Waals surface area (Å²) < 4.78 is 41.3. The summed E-state index contributed by atoms with van der Waals surface area (Å²) in [5, 5.41) is 0. The quantitative estimate of drug-likeness (QED) is 0.131. The summed E-state index contributed by atoms with van der Waals surface area (Å²) >= 11 is 0. The lowest BCUT2D eigenvalue weighted by molar-refractivity contribution is -0.585. The molecule has 3 aromatic carbocycles. The Kier molecular flexibility index (Phi) is 8.49. The molecule has 0 fully saturated rings. The van der Waals surface area contributed by atoms with E-state index in [1.54, 1.807) is 0 Å². The third kappa shape index (κ3) is 7.49. The Morgan fingerprint density at radius 2 is 1.18 bits per heavy atom. The molecule has 5 rings (SSSR count). The number of pyridine rings is 2. The van der Waals surface area contributed by atoms with Crippen molar-refractivity contribution in [3.8, 4) is 28.1 Å². The molecular formula is C31H25BF4N2. The van der Waals surface area contributed by atoms with E-state index in [1.807, 2.05) is 24.5 Å². The van der Waals surface area contributed by atoms with Crippen molar-refractivity contribution in [3.63, 3.8) is 0 Å². The smallest absolute Gasteiger partial charge is 0.418 e. The van der Waals surface area contributed by atoms with E-state index in [-0.39, 0.29) is 0 Å². The summed E-state index contributed by atoms with van der Waals surface area (Å²) in [5.41, 5.74) is 9.31. The van der Waals surface area contributed by atoms with E-state index in [2.05, 4.69) is 126 Å². The van der Waals surface area contributed by atoms with Gasteiger partial charge in [0.25, 0.3) is 0 Å². The van der Waals surface area contributed by atoms with Crippen molar-refractivity contribution in [2.75, 3.05) is 0 Å². The number of nitrogens with zero attached hydrogens (tertiary/aromatic N) is 2. The molecule has 0 saturated heterocycles. The number of halogens is 4. The molecule has 0 bridgehead atoms. The molecule has 0 aliphatic rings. The van der Waals surface area contributed by atoms with Gasteiger partial charge in [0.05, 0.1) is 0 Å². The second-order valence-electron chi connectivity index (χ2n) is 8.57. The summed E-state index contributed by atoms with van der Waals surface area (Å²) in [4.78, 5) is 4.14. The summed E-state index contributed by atoms with van der Waals surface area (Å²) in [6, 6.07) is 38.4. The Labute approximate surface area is 219 Å². The second-order valence-corrected chi connectivity index (χ2v) is 8.57. The molecule has 0 amide bonds. The van der Waals surface area contributed by atoms with Gasteiger partial charge < -0.3 is 17.3 Å². The molecule has 2 aromatic heterocycles. The predicted octanol–water partition coefficient (Wildman–Crippen LogP) is 8.47. The van der Waals surface area contributed by atoms with E-state index in [1.165, 1.54) is 22.3 Å². The molecule has 0 N–H and O–H groups in total. The lowest BCUT2D eigenvalue weighted by Gasteiger charge is -2.11. The van der Waals surface area contributed by atoms with Crippen LogP contribution in [0.5, 0.6) is 0 Å². The maximum Gasteiger partial charge on any atom is 0.673 e. The van der Waals surface area contributed by atoms with Gasteiger partial charge in [0.2, 0.25) is 17.1 Å². The number of hydrogen-bond donors (Lipinski definition) is 0. The molecule has 0 aliphatic carbocycles. The van der Waals surface area contributed by atoms with Crippen LogP contribution in [0.15, 0.2) is 122 Å². The van der Waals surface area contributed by atoms with E-state index in [0.717, 1.165) is 22.6 Å². The van der Waals surface area contributed by atoms with Gasteiger partial charge in [-0.15, -0.1) is 0 Å². The maximum absolute atomic E-state index is 9.75. The lowest BCUT2D eigenvalue weighted by Crippen LogP contribution is -2.37. The van der Waals surface area contributed by atoms with Gasteiger partial charge in [-0.3, -0.25) is 4.98 Å². The standard InChI is InChI=1S/C31H25N2.BF4/c1-24-12-15-29(16-13-24)33-30(17-14-25-18-20-32-21-19-25)22-28(26-8-4-2-5-9-26)23-31(33)27-10-6-3-7-11-27;2-1(3,4)5/h2-23H,1H3;/q+1;-1/b17-14+;. The first kappa shape index (κ1) is 26.5. The first-order valence-electron chi connectivity index (χ1n) is 12.0. The molecule has 7 heteroatoms. The molecular weight excluding hydrogens is 487 g/mol. The van der Waals surface area contributed by atoms with Gasteiger partial charge >= 0.3 is 7.25 Å². The monoisotopic (exact) mass is 512 g/mol. The number of benzene rings is 3. The Hall–Kier alpha value is -4.52.